The van der Waals surface area contributed by atoms with Crippen molar-refractivity contribution in [2.24, 2.45) is 12.5 Å². The number of benzene rings is 1. The number of fused-ring (bicyclic) bond motifs is 1. The van der Waals surface area contributed by atoms with Crippen molar-refractivity contribution in [1.29, 1.82) is 0 Å². The van der Waals surface area contributed by atoms with E-state index in [9.17, 15) is 18.8 Å². The summed E-state index contributed by atoms with van der Waals surface area (Å²) in [6, 6.07) is 5.76. The lowest BCUT2D eigenvalue weighted by Gasteiger charge is -2.38. The molecule has 4 heterocycles. The minimum absolute atomic E-state index is 0.106. The van der Waals surface area contributed by atoms with Gasteiger partial charge in [0, 0.05) is 33.1 Å². The van der Waals surface area contributed by atoms with Crippen LogP contribution in [0.5, 0.6) is 0 Å². The number of nitrogens with zero attached hydrogens (tertiary/aromatic N) is 7. The summed E-state index contributed by atoms with van der Waals surface area (Å²) < 4.78 is 17.3. The third kappa shape index (κ3) is 3.53. The van der Waals surface area contributed by atoms with Crippen molar-refractivity contribution in [2.45, 2.75) is 32.4 Å². The summed E-state index contributed by atoms with van der Waals surface area (Å²) in [5, 5.41) is 8.53. The van der Waals surface area contributed by atoms with Gasteiger partial charge in [0.25, 0.3) is 5.91 Å². The number of hydrogen-bond donors (Lipinski definition) is 0. The number of aryl methyl sites for hydroxylation is 1. The summed E-state index contributed by atoms with van der Waals surface area (Å²) in [5.74, 6) is 0.177. The van der Waals surface area contributed by atoms with Crippen LogP contribution >= 0.6 is 0 Å². The number of piperidine rings is 1. The standard InChI is InChI=1S/C21H22FN7O3/c1-26-13-23-17(25-26)18(30)27-8-6-21(7-9-27)10-16-24-29(20(32)19(31)28(16)12-21)11-14-2-4-15(22)5-3-14/h2-5,13H,6-12H2,1H3. The van der Waals surface area contributed by atoms with Crippen molar-refractivity contribution >= 4 is 5.91 Å². The van der Waals surface area contributed by atoms with Crippen LogP contribution in [-0.2, 0) is 26.6 Å². The Morgan fingerprint density at radius 2 is 1.81 bits per heavy atom. The first-order valence-corrected chi connectivity index (χ1v) is 10.4. The molecule has 0 saturated carbocycles. The fourth-order valence-corrected chi connectivity index (χ4v) is 4.57. The van der Waals surface area contributed by atoms with Crippen LogP contribution in [-0.4, -0.2) is 53.0 Å². The van der Waals surface area contributed by atoms with Crippen molar-refractivity contribution in [3.05, 3.63) is 74.3 Å². The van der Waals surface area contributed by atoms with E-state index in [4.69, 9.17) is 0 Å². The van der Waals surface area contributed by atoms with Gasteiger partial charge in [-0.1, -0.05) is 12.1 Å². The highest BCUT2D eigenvalue weighted by molar-refractivity contribution is 5.90. The fraction of sp³-hybridized carbons (Fsp3) is 0.429. The van der Waals surface area contributed by atoms with Crippen LogP contribution in [0.2, 0.25) is 0 Å². The predicted molar refractivity (Wildman–Crippen MR) is 111 cm³/mol. The van der Waals surface area contributed by atoms with Crippen molar-refractivity contribution in [3.8, 4) is 0 Å². The topological polar surface area (TPSA) is 108 Å². The van der Waals surface area contributed by atoms with Gasteiger partial charge in [0.1, 0.15) is 18.0 Å². The Morgan fingerprint density at radius 3 is 2.47 bits per heavy atom. The highest BCUT2D eigenvalue weighted by atomic mass is 19.1. The lowest BCUT2D eigenvalue weighted by atomic mass is 9.77. The SMILES string of the molecule is Cn1cnc(C(=O)N2CCC3(CC2)Cc2nn(Cc4ccc(F)cc4)c(=O)c(=O)n2C3)n1. The first-order valence-electron chi connectivity index (χ1n) is 10.4. The van der Waals surface area contributed by atoms with Gasteiger partial charge in [0.15, 0.2) is 0 Å². The van der Waals surface area contributed by atoms with E-state index >= 15 is 0 Å². The van der Waals surface area contributed by atoms with Crippen molar-refractivity contribution in [2.75, 3.05) is 13.1 Å². The number of likely N-dealkylation sites (tertiary alicyclic amines) is 1. The lowest BCUT2D eigenvalue weighted by Crippen LogP contribution is -2.45. The van der Waals surface area contributed by atoms with Crippen molar-refractivity contribution in [3.63, 3.8) is 0 Å². The molecule has 0 N–H and O–H groups in total. The minimum Gasteiger partial charge on any atom is -0.336 e. The van der Waals surface area contributed by atoms with E-state index < -0.39 is 11.1 Å². The summed E-state index contributed by atoms with van der Waals surface area (Å²) in [6.07, 6.45) is 3.45. The summed E-state index contributed by atoms with van der Waals surface area (Å²) in [6.45, 7) is 1.58. The van der Waals surface area contributed by atoms with Gasteiger partial charge in [-0.05, 0) is 36.0 Å². The van der Waals surface area contributed by atoms with E-state index in [0.717, 1.165) is 4.68 Å². The number of hydrogen-bond acceptors (Lipinski definition) is 6. The molecule has 0 unspecified atom stereocenters. The second kappa shape index (κ2) is 7.50. The van der Waals surface area contributed by atoms with Crippen molar-refractivity contribution < 1.29 is 9.18 Å². The average Bonchev–Trinajstić information content (AvgIpc) is 3.37. The van der Waals surface area contributed by atoms with Crippen LogP contribution in [0.1, 0.15) is 34.8 Å². The van der Waals surface area contributed by atoms with Gasteiger partial charge in [-0.2, -0.15) is 5.10 Å². The molecule has 3 aromatic rings. The molecule has 32 heavy (non-hydrogen) atoms. The number of rotatable bonds is 3. The van der Waals surface area contributed by atoms with E-state index in [1.165, 1.54) is 27.7 Å². The number of aromatic nitrogens is 6. The quantitative estimate of drug-likeness (QED) is 0.540. The molecule has 1 saturated heterocycles. The van der Waals surface area contributed by atoms with Gasteiger partial charge < -0.3 is 4.90 Å². The zero-order valence-corrected chi connectivity index (χ0v) is 17.6. The summed E-state index contributed by atoms with van der Waals surface area (Å²) in [7, 11) is 1.71. The largest absolute Gasteiger partial charge is 0.336 e. The van der Waals surface area contributed by atoms with Crippen LogP contribution in [0, 0.1) is 11.2 Å². The molecule has 2 aromatic heterocycles. The molecule has 10 nitrogen and oxygen atoms in total. The summed E-state index contributed by atoms with van der Waals surface area (Å²) in [5.41, 5.74) is -0.809. The molecule has 2 aliphatic rings. The first-order chi connectivity index (χ1) is 15.3. The third-order valence-corrected chi connectivity index (χ3v) is 6.38. The molecule has 0 bridgehead atoms. The van der Waals surface area contributed by atoms with Gasteiger partial charge >= 0.3 is 11.1 Å². The zero-order valence-electron chi connectivity index (χ0n) is 17.6. The minimum atomic E-state index is -0.691. The molecule has 1 amide bonds. The molecule has 0 radical (unpaired) electrons. The van der Waals surface area contributed by atoms with Gasteiger partial charge in [-0.15, -0.1) is 5.10 Å². The van der Waals surface area contributed by atoms with Gasteiger partial charge in [0.2, 0.25) is 5.82 Å². The molecule has 5 rings (SSSR count). The van der Waals surface area contributed by atoms with E-state index in [2.05, 4.69) is 15.2 Å². The monoisotopic (exact) mass is 439 g/mol. The van der Waals surface area contributed by atoms with Gasteiger partial charge in [0.05, 0.1) is 6.54 Å². The number of carbonyl (C=O) groups excluding carboxylic acids is 1. The Kier molecular flexibility index (Phi) is 4.75. The van der Waals surface area contributed by atoms with Crippen LogP contribution in [0.15, 0.2) is 40.2 Å². The van der Waals surface area contributed by atoms with Crippen molar-refractivity contribution in [1.82, 2.24) is 34.0 Å². The predicted octanol–water partition coefficient (Wildman–Crippen LogP) is 0.200. The second-order valence-corrected chi connectivity index (χ2v) is 8.61. The Hall–Kier alpha value is -3.63. The number of amides is 1. The van der Waals surface area contributed by atoms with Gasteiger partial charge in [-0.3, -0.25) is 23.6 Å². The van der Waals surface area contributed by atoms with E-state index in [0.29, 0.717) is 50.3 Å². The molecule has 0 aliphatic carbocycles. The fourth-order valence-electron chi connectivity index (χ4n) is 4.57. The molecular formula is C21H22FN7O3. The van der Waals surface area contributed by atoms with Crippen LogP contribution in [0.4, 0.5) is 4.39 Å². The van der Waals surface area contributed by atoms with E-state index in [1.807, 2.05) is 0 Å². The maximum atomic E-state index is 13.2. The molecule has 0 atom stereocenters. The molecule has 166 valence electrons. The number of carbonyl (C=O) groups is 1. The maximum absolute atomic E-state index is 13.2. The molecule has 1 spiro atoms. The Labute approximate surface area is 181 Å². The molecule has 1 aromatic carbocycles. The van der Waals surface area contributed by atoms with E-state index in [1.54, 1.807) is 24.1 Å². The Balaban J connectivity index is 1.33. The van der Waals surface area contributed by atoms with Gasteiger partial charge in [-0.25, -0.2) is 14.1 Å². The molecule has 11 heteroatoms. The molecular weight excluding hydrogens is 417 g/mol. The normalized spacial score (nSPS) is 17.0. The Bertz CT molecular complexity index is 1300. The number of halogens is 1. The molecule has 1 fully saturated rings. The Morgan fingerprint density at radius 1 is 1.09 bits per heavy atom. The summed E-state index contributed by atoms with van der Waals surface area (Å²) in [4.78, 5) is 43.7. The summed E-state index contributed by atoms with van der Waals surface area (Å²) >= 11 is 0. The van der Waals surface area contributed by atoms with Crippen LogP contribution in [0.3, 0.4) is 0 Å². The maximum Gasteiger partial charge on any atom is 0.332 e. The highest BCUT2D eigenvalue weighted by Crippen LogP contribution is 2.40. The average molecular weight is 439 g/mol. The smallest absolute Gasteiger partial charge is 0.332 e. The van der Waals surface area contributed by atoms with Crippen LogP contribution in [0.25, 0.3) is 0 Å². The first kappa shape index (κ1) is 20.3. The molecule has 2 aliphatic heterocycles. The van der Waals surface area contributed by atoms with E-state index in [-0.39, 0.29) is 29.5 Å². The third-order valence-electron chi connectivity index (χ3n) is 6.38. The zero-order chi connectivity index (χ0) is 22.5. The lowest BCUT2D eigenvalue weighted by molar-refractivity contribution is 0.0564. The van der Waals surface area contributed by atoms with Crippen LogP contribution < -0.4 is 11.1 Å². The highest BCUT2D eigenvalue weighted by Gasteiger charge is 2.43. The second-order valence-electron chi connectivity index (χ2n) is 8.61.